The molecule has 30 heavy (non-hydrogen) atoms. The van der Waals surface area contributed by atoms with E-state index in [0.29, 0.717) is 34.0 Å². The van der Waals surface area contributed by atoms with Crippen molar-refractivity contribution in [2.75, 3.05) is 5.32 Å². The van der Waals surface area contributed by atoms with Crippen LogP contribution in [0.4, 0.5) is 5.95 Å². The molecule has 0 saturated heterocycles. The lowest BCUT2D eigenvalue weighted by Gasteiger charge is -2.06. The van der Waals surface area contributed by atoms with Gasteiger partial charge in [0.05, 0.1) is 12.2 Å². The standard InChI is InChI=1S/C19H17ClN8O2/c20-12-3-1-2-10(6-12)8-21-17-25-15-11(7-14-16(29)26-19(30)24-14)9-22-28(15)18(27-17)23-13-4-5-13/h1-3,6-7,9,13,29H,4-5,8H2,(H,21,23,27)(H2,24,26,30). The molecular weight excluding hydrogens is 408 g/mol. The molecule has 11 heteroatoms. The first kappa shape index (κ1) is 18.4. The van der Waals surface area contributed by atoms with Gasteiger partial charge in [0.15, 0.2) is 5.65 Å². The predicted octanol–water partition coefficient (Wildman–Crippen LogP) is 0.723. The molecule has 0 spiro atoms. The van der Waals surface area contributed by atoms with Gasteiger partial charge in [-0.1, -0.05) is 23.7 Å². The number of aromatic amines is 2. The molecule has 1 fully saturated rings. The molecule has 0 aliphatic heterocycles. The fourth-order valence-electron chi connectivity index (χ4n) is 2.99. The second-order valence-corrected chi connectivity index (χ2v) is 7.45. The molecule has 1 aliphatic rings. The number of rotatable bonds is 5. The molecule has 0 radical (unpaired) electrons. The maximum Gasteiger partial charge on any atom is 0.326 e. The Balaban J connectivity index is 1.59. The summed E-state index contributed by atoms with van der Waals surface area (Å²) < 4.78 is 1.55. The molecule has 4 N–H and O–H groups in total. The van der Waals surface area contributed by atoms with E-state index in [1.165, 1.54) is 0 Å². The molecule has 3 aromatic heterocycles. The van der Waals surface area contributed by atoms with Crippen molar-refractivity contribution in [2.24, 2.45) is 4.99 Å². The van der Waals surface area contributed by atoms with Gasteiger partial charge in [0.1, 0.15) is 5.69 Å². The molecule has 1 aromatic carbocycles. The Hall–Kier alpha value is -3.66. The minimum atomic E-state index is -0.502. The molecule has 0 amide bonds. The first-order chi connectivity index (χ1) is 14.5. The van der Waals surface area contributed by atoms with Crippen LogP contribution in [-0.2, 0) is 6.54 Å². The molecule has 3 heterocycles. The predicted molar refractivity (Wildman–Crippen MR) is 110 cm³/mol. The minimum Gasteiger partial charge on any atom is -0.493 e. The van der Waals surface area contributed by atoms with Gasteiger partial charge < -0.3 is 15.4 Å². The highest BCUT2D eigenvalue weighted by molar-refractivity contribution is 6.30. The number of aromatic hydroxyl groups is 1. The van der Waals surface area contributed by atoms with Crippen molar-refractivity contribution in [1.82, 2.24) is 29.5 Å². The topological polar surface area (TPSA) is 136 Å². The van der Waals surface area contributed by atoms with Crippen LogP contribution in [0.25, 0.3) is 11.7 Å². The van der Waals surface area contributed by atoms with Crippen LogP contribution in [0.1, 0.15) is 24.1 Å². The first-order valence-corrected chi connectivity index (χ1v) is 9.74. The minimum absolute atomic E-state index is 0.239. The van der Waals surface area contributed by atoms with E-state index in [2.05, 4.69) is 35.3 Å². The van der Waals surface area contributed by atoms with Crippen LogP contribution in [0.15, 0.2) is 40.2 Å². The third kappa shape index (κ3) is 3.77. The largest absolute Gasteiger partial charge is 0.493 e. The second-order valence-electron chi connectivity index (χ2n) is 7.01. The zero-order valence-electron chi connectivity index (χ0n) is 15.6. The molecular formula is C19H17ClN8O2. The van der Waals surface area contributed by atoms with Crippen LogP contribution in [0.2, 0.25) is 5.02 Å². The average molecular weight is 425 g/mol. The van der Waals surface area contributed by atoms with Gasteiger partial charge >= 0.3 is 5.69 Å². The molecule has 4 aromatic rings. The molecule has 0 bridgehead atoms. The average Bonchev–Trinajstić information content (AvgIpc) is 3.35. The van der Waals surface area contributed by atoms with E-state index in [4.69, 9.17) is 11.6 Å². The number of anilines is 1. The maximum absolute atomic E-state index is 11.4. The van der Waals surface area contributed by atoms with Crippen LogP contribution in [-0.4, -0.2) is 40.7 Å². The smallest absolute Gasteiger partial charge is 0.326 e. The summed E-state index contributed by atoms with van der Waals surface area (Å²) in [7, 11) is 0. The number of aromatic nitrogens is 6. The molecule has 0 unspecified atom stereocenters. The molecule has 10 nitrogen and oxygen atoms in total. The fourth-order valence-corrected chi connectivity index (χ4v) is 3.20. The maximum atomic E-state index is 11.4. The molecule has 1 saturated carbocycles. The zero-order chi connectivity index (χ0) is 20.7. The Bertz CT molecular complexity index is 1420. The Morgan fingerprint density at radius 1 is 1.33 bits per heavy atom. The third-order valence-corrected chi connectivity index (χ3v) is 4.83. The summed E-state index contributed by atoms with van der Waals surface area (Å²) in [6, 6.07) is 7.76. The first-order valence-electron chi connectivity index (χ1n) is 9.36. The van der Waals surface area contributed by atoms with Gasteiger partial charge in [-0.15, -0.1) is 0 Å². The van der Waals surface area contributed by atoms with Gasteiger partial charge in [-0.05, 0) is 36.6 Å². The Kier molecular flexibility index (Phi) is 4.47. The fraction of sp³-hybridized carbons (Fsp3) is 0.211. The number of hydrogen-bond donors (Lipinski definition) is 4. The number of halogens is 1. The van der Waals surface area contributed by atoms with E-state index < -0.39 is 5.69 Å². The van der Waals surface area contributed by atoms with Gasteiger partial charge in [-0.2, -0.15) is 19.6 Å². The summed E-state index contributed by atoms with van der Waals surface area (Å²) >= 11 is 6.05. The van der Waals surface area contributed by atoms with Crippen molar-refractivity contribution in [3.05, 3.63) is 68.1 Å². The molecule has 5 rings (SSSR count). The second kappa shape index (κ2) is 7.30. The number of fused-ring (bicyclic) bond motifs is 1. The SMILES string of the molecule is O=c1[nH]c(O)c(C=c2cnn3c(=NC4CC4)nc(NCc4cccc(Cl)c4)nc23)[nH]1. The van der Waals surface area contributed by atoms with Crippen molar-refractivity contribution in [1.29, 1.82) is 0 Å². The van der Waals surface area contributed by atoms with Gasteiger partial charge in [-0.3, -0.25) is 4.98 Å². The lowest BCUT2D eigenvalue weighted by molar-refractivity contribution is 0.454. The van der Waals surface area contributed by atoms with E-state index in [9.17, 15) is 9.90 Å². The summed E-state index contributed by atoms with van der Waals surface area (Å²) in [6.07, 6.45) is 5.22. The normalized spacial score (nSPS) is 15.2. The van der Waals surface area contributed by atoms with Gasteiger partial charge in [0.25, 0.3) is 5.62 Å². The van der Waals surface area contributed by atoms with Crippen molar-refractivity contribution in [2.45, 2.75) is 25.4 Å². The van der Waals surface area contributed by atoms with Crippen LogP contribution in [0.3, 0.4) is 0 Å². The Labute approximate surface area is 174 Å². The highest BCUT2D eigenvalue weighted by atomic mass is 35.5. The summed E-state index contributed by atoms with van der Waals surface area (Å²) in [5, 5.41) is 18.6. The zero-order valence-corrected chi connectivity index (χ0v) is 16.4. The van der Waals surface area contributed by atoms with Crippen LogP contribution >= 0.6 is 11.6 Å². The summed E-state index contributed by atoms with van der Waals surface area (Å²) in [6.45, 7) is 0.485. The summed E-state index contributed by atoms with van der Waals surface area (Å²) in [5.41, 5.74) is 1.67. The molecule has 1 aliphatic carbocycles. The van der Waals surface area contributed by atoms with Crippen molar-refractivity contribution >= 4 is 29.3 Å². The number of nitrogens with one attached hydrogen (secondary N) is 3. The quantitative estimate of drug-likeness (QED) is 0.372. The van der Waals surface area contributed by atoms with Gasteiger partial charge in [-0.25, -0.2) is 9.79 Å². The Morgan fingerprint density at radius 3 is 2.93 bits per heavy atom. The van der Waals surface area contributed by atoms with Crippen molar-refractivity contribution < 1.29 is 5.11 Å². The van der Waals surface area contributed by atoms with E-state index in [0.717, 1.165) is 18.4 Å². The van der Waals surface area contributed by atoms with Crippen molar-refractivity contribution in [3.8, 4) is 5.88 Å². The lowest BCUT2D eigenvalue weighted by atomic mass is 10.2. The number of hydrogen-bond acceptors (Lipinski definition) is 7. The monoisotopic (exact) mass is 424 g/mol. The van der Waals surface area contributed by atoms with E-state index in [1.54, 1.807) is 16.8 Å². The van der Waals surface area contributed by atoms with Crippen LogP contribution in [0, 0.1) is 0 Å². The van der Waals surface area contributed by atoms with E-state index in [1.807, 2.05) is 24.3 Å². The number of imidazole rings is 1. The van der Waals surface area contributed by atoms with Gasteiger partial charge in [0.2, 0.25) is 11.8 Å². The highest BCUT2D eigenvalue weighted by Gasteiger charge is 2.21. The number of H-pyrrole nitrogens is 2. The summed E-state index contributed by atoms with van der Waals surface area (Å²) in [4.78, 5) is 29.9. The number of nitrogens with zero attached hydrogens (tertiary/aromatic N) is 5. The van der Waals surface area contributed by atoms with E-state index >= 15 is 0 Å². The van der Waals surface area contributed by atoms with Crippen molar-refractivity contribution in [3.63, 3.8) is 0 Å². The lowest BCUT2D eigenvalue weighted by Crippen LogP contribution is -2.24. The number of benzene rings is 1. The third-order valence-electron chi connectivity index (χ3n) is 4.60. The highest BCUT2D eigenvalue weighted by Crippen LogP contribution is 2.22. The van der Waals surface area contributed by atoms with Crippen LogP contribution < -0.4 is 21.8 Å². The molecule has 152 valence electrons. The van der Waals surface area contributed by atoms with Crippen LogP contribution in [0.5, 0.6) is 5.88 Å². The van der Waals surface area contributed by atoms with Gasteiger partial charge in [0, 0.05) is 16.8 Å². The Morgan fingerprint density at radius 2 is 2.20 bits per heavy atom. The summed E-state index contributed by atoms with van der Waals surface area (Å²) in [5.74, 6) is 0.138. The van der Waals surface area contributed by atoms with E-state index in [-0.39, 0.29) is 17.6 Å². The molecule has 0 atom stereocenters.